The van der Waals surface area contributed by atoms with Gasteiger partial charge in [0.2, 0.25) is 0 Å². The summed E-state index contributed by atoms with van der Waals surface area (Å²) >= 11 is 0. The van der Waals surface area contributed by atoms with E-state index in [1.165, 1.54) is 5.56 Å². The van der Waals surface area contributed by atoms with Crippen molar-refractivity contribution in [2.45, 2.75) is 40.7 Å². The average molecular weight is 342 g/mol. The average Bonchev–Trinajstić information content (AvgIpc) is 2.86. The molecule has 0 unspecified atom stereocenters. The van der Waals surface area contributed by atoms with Crippen molar-refractivity contribution in [2.24, 2.45) is 0 Å². The molecule has 0 saturated carbocycles. The number of aromatic nitrogens is 1. The highest BCUT2D eigenvalue weighted by molar-refractivity contribution is 6.01. The van der Waals surface area contributed by atoms with E-state index in [0.29, 0.717) is 36.5 Å². The van der Waals surface area contributed by atoms with Crippen molar-refractivity contribution < 1.29 is 14.3 Å². The second-order valence-electron chi connectivity index (χ2n) is 5.89. The van der Waals surface area contributed by atoms with E-state index < -0.39 is 0 Å². The molecule has 0 atom stereocenters. The van der Waals surface area contributed by atoms with E-state index in [9.17, 15) is 9.59 Å². The maximum absolute atomic E-state index is 12.7. The molecule has 0 radical (unpaired) electrons. The van der Waals surface area contributed by atoms with Crippen LogP contribution in [-0.2, 0) is 17.7 Å². The minimum Gasteiger partial charge on any atom is -0.461 e. The molecule has 0 aliphatic rings. The van der Waals surface area contributed by atoms with Gasteiger partial charge >= 0.3 is 5.97 Å². The number of amides is 1. The van der Waals surface area contributed by atoms with Crippen molar-refractivity contribution >= 4 is 11.9 Å². The van der Waals surface area contributed by atoms with Crippen LogP contribution >= 0.6 is 0 Å². The van der Waals surface area contributed by atoms with Gasteiger partial charge in [0.15, 0.2) is 0 Å². The summed E-state index contributed by atoms with van der Waals surface area (Å²) in [6, 6.07) is 10.0. The van der Waals surface area contributed by atoms with Crippen molar-refractivity contribution in [3.05, 3.63) is 58.4 Å². The Morgan fingerprint density at radius 2 is 1.80 bits per heavy atom. The van der Waals surface area contributed by atoms with Gasteiger partial charge in [-0.25, -0.2) is 4.79 Å². The first-order valence-electron chi connectivity index (χ1n) is 8.70. The lowest BCUT2D eigenvalue weighted by Gasteiger charge is -2.08. The van der Waals surface area contributed by atoms with Gasteiger partial charge in [-0.2, -0.15) is 0 Å². The number of carbonyl (C=O) groups excluding carboxylic acids is 2. The topological polar surface area (TPSA) is 60.3 Å². The van der Waals surface area contributed by atoms with Gasteiger partial charge in [0, 0.05) is 18.8 Å². The van der Waals surface area contributed by atoms with Crippen LogP contribution in [0.5, 0.6) is 0 Å². The molecule has 2 rings (SSSR count). The Morgan fingerprint density at radius 3 is 2.40 bits per heavy atom. The highest BCUT2D eigenvalue weighted by atomic mass is 16.5. The fourth-order valence-corrected chi connectivity index (χ4v) is 3.14. The molecule has 0 fully saturated rings. The molecule has 0 aliphatic heterocycles. The molecule has 1 amide bonds. The molecule has 1 N–H and O–H groups in total. The number of hydrogen-bond acceptors (Lipinski definition) is 3. The Balaban J connectivity index is 2.17. The normalized spacial score (nSPS) is 10.6. The van der Waals surface area contributed by atoms with Crippen LogP contribution in [0.25, 0.3) is 0 Å². The molecule has 0 saturated heterocycles. The maximum Gasteiger partial charge on any atom is 0.355 e. The van der Waals surface area contributed by atoms with E-state index in [0.717, 1.165) is 12.1 Å². The minimum absolute atomic E-state index is 0.149. The number of benzene rings is 1. The quantitative estimate of drug-likeness (QED) is 0.786. The lowest BCUT2D eigenvalue weighted by molar-refractivity contribution is 0.0512. The van der Waals surface area contributed by atoms with Crippen LogP contribution in [0.4, 0.5) is 0 Å². The predicted molar refractivity (Wildman–Crippen MR) is 98.0 cm³/mol. The second-order valence-corrected chi connectivity index (χ2v) is 5.89. The summed E-state index contributed by atoms with van der Waals surface area (Å²) in [4.78, 5) is 24.9. The minimum atomic E-state index is -0.381. The molecule has 1 heterocycles. The fourth-order valence-electron chi connectivity index (χ4n) is 3.14. The Labute approximate surface area is 149 Å². The maximum atomic E-state index is 12.7. The number of nitrogens with one attached hydrogen (secondary N) is 1. The Hall–Kier alpha value is -2.56. The molecule has 5 heteroatoms. The summed E-state index contributed by atoms with van der Waals surface area (Å²) in [6.45, 7) is 8.86. The predicted octanol–water partition coefficient (Wildman–Crippen LogP) is 3.27. The second kappa shape index (κ2) is 8.51. The van der Waals surface area contributed by atoms with Crippen molar-refractivity contribution in [2.75, 3.05) is 13.2 Å². The van der Waals surface area contributed by atoms with Crippen molar-refractivity contribution in [3.63, 3.8) is 0 Å². The number of hydrogen-bond donors (Lipinski definition) is 1. The van der Waals surface area contributed by atoms with E-state index in [1.54, 1.807) is 13.8 Å². The van der Waals surface area contributed by atoms with Gasteiger partial charge < -0.3 is 14.6 Å². The zero-order chi connectivity index (χ0) is 18.4. The standard InChI is InChI=1S/C20H26N2O3/c1-5-22-15(4)17(14(3)18(22)20(24)25-6-2)19(23)21-13-12-16-10-8-7-9-11-16/h7-11H,5-6,12-13H2,1-4H3,(H,21,23). The van der Waals surface area contributed by atoms with Gasteiger partial charge in [-0.05, 0) is 45.2 Å². The van der Waals surface area contributed by atoms with Crippen LogP contribution in [-0.4, -0.2) is 29.6 Å². The third-order valence-electron chi connectivity index (χ3n) is 4.32. The molecule has 25 heavy (non-hydrogen) atoms. The monoisotopic (exact) mass is 342 g/mol. The molecule has 134 valence electrons. The van der Waals surface area contributed by atoms with E-state index in [1.807, 2.05) is 48.7 Å². The summed E-state index contributed by atoms with van der Waals surface area (Å²) < 4.78 is 6.99. The first kappa shape index (κ1) is 18.8. The molecule has 1 aromatic carbocycles. The van der Waals surface area contributed by atoms with Crippen LogP contribution in [0.1, 0.15) is 51.5 Å². The molecule has 0 spiro atoms. The van der Waals surface area contributed by atoms with Gasteiger partial charge in [-0.3, -0.25) is 4.79 Å². The summed E-state index contributed by atoms with van der Waals surface area (Å²) in [7, 11) is 0. The zero-order valence-electron chi connectivity index (χ0n) is 15.4. The van der Waals surface area contributed by atoms with Gasteiger partial charge in [0.1, 0.15) is 5.69 Å². The molecular formula is C20H26N2O3. The Bertz CT molecular complexity index is 748. The van der Waals surface area contributed by atoms with E-state index in [-0.39, 0.29) is 11.9 Å². The van der Waals surface area contributed by atoms with Crippen LogP contribution in [0, 0.1) is 13.8 Å². The lowest BCUT2D eigenvalue weighted by Crippen LogP contribution is -2.26. The van der Waals surface area contributed by atoms with Crippen LogP contribution < -0.4 is 5.32 Å². The third kappa shape index (κ3) is 4.10. The SMILES string of the molecule is CCOC(=O)c1c(C)c(C(=O)NCCc2ccccc2)c(C)n1CC. The number of ether oxygens (including phenoxy) is 1. The van der Waals surface area contributed by atoms with Crippen molar-refractivity contribution in [1.82, 2.24) is 9.88 Å². The summed E-state index contributed by atoms with van der Waals surface area (Å²) in [5.74, 6) is -0.531. The van der Waals surface area contributed by atoms with E-state index in [4.69, 9.17) is 4.74 Å². The number of esters is 1. The van der Waals surface area contributed by atoms with Gasteiger partial charge in [-0.1, -0.05) is 30.3 Å². The molecule has 0 aliphatic carbocycles. The lowest BCUT2D eigenvalue weighted by atomic mass is 10.1. The van der Waals surface area contributed by atoms with Crippen molar-refractivity contribution in [3.8, 4) is 0 Å². The molecular weight excluding hydrogens is 316 g/mol. The summed E-state index contributed by atoms with van der Waals surface area (Å²) in [6.07, 6.45) is 0.768. The largest absolute Gasteiger partial charge is 0.461 e. The molecule has 2 aromatic rings. The molecule has 1 aromatic heterocycles. The summed E-state index contributed by atoms with van der Waals surface area (Å²) in [5, 5.41) is 2.96. The highest BCUT2D eigenvalue weighted by Gasteiger charge is 2.26. The number of nitrogens with zero attached hydrogens (tertiary/aromatic N) is 1. The van der Waals surface area contributed by atoms with Gasteiger partial charge in [0.05, 0.1) is 12.2 Å². The van der Waals surface area contributed by atoms with E-state index in [2.05, 4.69) is 5.32 Å². The van der Waals surface area contributed by atoms with Crippen molar-refractivity contribution in [1.29, 1.82) is 0 Å². The van der Waals surface area contributed by atoms with Gasteiger partial charge in [-0.15, -0.1) is 0 Å². The highest BCUT2D eigenvalue weighted by Crippen LogP contribution is 2.23. The number of rotatable bonds is 7. The summed E-state index contributed by atoms with van der Waals surface area (Å²) in [5.41, 5.74) is 3.68. The third-order valence-corrected chi connectivity index (χ3v) is 4.32. The first-order valence-corrected chi connectivity index (χ1v) is 8.70. The van der Waals surface area contributed by atoms with Crippen LogP contribution in [0.3, 0.4) is 0 Å². The van der Waals surface area contributed by atoms with Crippen LogP contribution in [0.15, 0.2) is 30.3 Å². The Morgan fingerprint density at radius 1 is 1.12 bits per heavy atom. The smallest absolute Gasteiger partial charge is 0.355 e. The van der Waals surface area contributed by atoms with Crippen LogP contribution in [0.2, 0.25) is 0 Å². The zero-order valence-corrected chi connectivity index (χ0v) is 15.4. The molecule has 0 bridgehead atoms. The van der Waals surface area contributed by atoms with E-state index >= 15 is 0 Å². The first-order chi connectivity index (χ1) is 12.0. The van der Waals surface area contributed by atoms with Gasteiger partial charge in [0.25, 0.3) is 5.91 Å². The fraction of sp³-hybridized carbons (Fsp3) is 0.400. The number of carbonyl (C=O) groups is 2. The Kier molecular flexibility index (Phi) is 6.39. The molecule has 5 nitrogen and oxygen atoms in total.